The highest BCUT2D eigenvalue weighted by Crippen LogP contribution is 2.43. The summed E-state index contributed by atoms with van der Waals surface area (Å²) in [5, 5.41) is 1.54. The first-order valence-corrected chi connectivity index (χ1v) is 7.03. The summed E-state index contributed by atoms with van der Waals surface area (Å²) in [6, 6.07) is 0.0105. The van der Waals surface area contributed by atoms with Crippen molar-refractivity contribution in [2.45, 2.75) is 65.6 Å². The van der Waals surface area contributed by atoms with Crippen LogP contribution < -0.4 is 5.84 Å². The first-order chi connectivity index (χ1) is 8.70. The van der Waals surface area contributed by atoms with Crippen LogP contribution in [-0.2, 0) is 0 Å². The molecule has 2 unspecified atom stereocenters. The van der Waals surface area contributed by atoms with Crippen molar-refractivity contribution in [3.8, 4) is 0 Å². The first-order valence-electron chi connectivity index (χ1n) is 7.03. The lowest BCUT2D eigenvalue weighted by molar-refractivity contribution is -0.166. The van der Waals surface area contributed by atoms with Crippen LogP contribution in [0.5, 0.6) is 0 Å². The third-order valence-corrected chi connectivity index (χ3v) is 3.94. The number of hydrogen-bond acceptors (Lipinski definition) is 2. The lowest BCUT2D eigenvalue weighted by atomic mass is 9.80. The van der Waals surface area contributed by atoms with Gasteiger partial charge in [-0.05, 0) is 51.0 Å². The minimum Gasteiger partial charge on any atom is -0.312 e. The molecule has 112 valence electrons. The van der Waals surface area contributed by atoms with E-state index in [-0.39, 0.29) is 18.4 Å². The number of halogens is 3. The van der Waals surface area contributed by atoms with Crippen LogP contribution in [0.1, 0.15) is 53.4 Å². The maximum Gasteiger partial charge on any atom is 0.395 e. The average Bonchev–Trinajstić information content (AvgIpc) is 2.27. The van der Waals surface area contributed by atoms with E-state index >= 15 is 0 Å². The molecule has 0 spiro atoms. The van der Waals surface area contributed by atoms with Crippen molar-refractivity contribution in [1.29, 1.82) is 0 Å². The Balaban J connectivity index is 3.24. The molecular formula is C14H25F3N2. The summed E-state index contributed by atoms with van der Waals surface area (Å²) in [7, 11) is 0. The Morgan fingerprint density at radius 3 is 2.37 bits per heavy atom. The Morgan fingerprint density at radius 1 is 1.37 bits per heavy atom. The molecular weight excluding hydrogens is 253 g/mol. The molecule has 0 aromatic heterocycles. The summed E-state index contributed by atoms with van der Waals surface area (Å²) in [6.45, 7) is 7.37. The van der Waals surface area contributed by atoms with Crippen LogP contribution in [0, 0.1) is 11.8 Å². The topological polar surface area (TPSA) is 29.3 Å². The van der Waals surface area contributed by atoms with Crippen molar-refractivity contribution >= 4 is 0 Å². The largest absolute Gasteiger partial charge is 0.395 e. The highest BCUT2D eigenvalue weighted by atomic mass is 19.4. The summed E-state index contributed by atoms with van der Waals surface area (Å²) in [6.07, 6.45) is -1.85. The molecule has 1 aliphatic rings. The van der Waals surface area contributed by atoms with Crippen molar-refractivity contribution in [2.75, 3.05) is 0 Å². The molecule has 0 saturated heterocycles. The van der Waals surface area contributed by atoms with Crippen molar-refractivity contribution in [2.24, 2.45) is 17.7 Å². The maximum absolute atomic E-state index is 13.2. The molecule has 0 fully saturated rings. The summed E-state index contributed by atoms with van der Waals surface area (Å²) < 4.78 is 39.5. The van der Waals surface area contributed by atoms with E-state index in [0.717, 1.165) is 12.8 Å². The van der Waals surface area contributed by atoms with Gasteiger partial charge < -0.3 is 5.01 Å². The van der Waals surface area contributed by atoms with Gasteiger partial charge in [0.25, 0.3) is 0 Å². The van der Waals surface area contributed by atoms with Crippen LogP contribution >= 0.6 is 0 Å². The number of hydrogen-bond donors (Lipinski definition) is 1. The minimum absolute atomic E-state index is 0.0105. The van der Waals surface area contributed by atoms with E-state index in [1.165, 1.54) is 5.01 Å². The standard InChI is InChI=1S/C14H25F3N2/c1-5-12(14(15,16)17)11-8-6-7-10(4)13(11)19(18)9(2)3/h9-10,12H,5-8,18H2,1-4H3. The van der Waals surface area contributed by atoms with E-state index < -0.39 is 12.1 Å². The zero-order valence-electron chi connectivity index (χ0n) is 12.2. The van der Waals surface area contributed by atoms with Gasteiger partial charge >= 0.3 is 6.18 Å². The molecule has 0 aromatic carbocycles. The third kappa shape index (κ3) is 3.65. The molecule has 2 N–H and O–H groups in total. The number of rotatable bonds is 4. The predicted octanol–water partition coefficient (Wildman–Crippen LogP) is 4.23. The van der Waals surface area contributed by atoms with Crippen molar-refractivity contribution in [3.05, 3.63) is 11.3 Å². The average molecular weight is 278 g/mol. The Kier molecular flexibility index (Phi) is 5.30. The second-order valence-corrected chi connectivity index (χ2v) is 5.71. The van der Waals surface area contributed by atoms with Gasteiger partial charge in [0.05, 0.1) is 5.92 Å². The quantitative estimate of drug-likeness (QED) is 0.616. The van der Waals surface area contributed by atoms with Gasteiger partial charge in [-0.2, -0.15) is 13.2 Å². The number of allylic oxidation sites excluding steroid dienone is 2. The highest BCUT2D eigenvalue weighted by molar-refractivity contribution is 5.22. The van der Waals surface area contributed by atoms with Crippen LogP contribution in [0.2, 0.25) is 0 Å². The fourth-order valence-electron chi connectivity index (χ4n) is 2.91. The first kappa shape index (κ1) is 16.3. The summed E-state index contributed by atoms with van der Waals surface area (Å²) in [5.41, 5.74) is 1.22. The molecule has 0 amide bonds. The molecule has 2 nitrogen and oxygen atoms in total. The van der Waals surface area contributed by atoms with Crippen LogP contribution in [0.3, 0.4) is 0 Å². The van der Waals surface area contributed by atoms with Gasteiger partial charge in [-0.3, -0.25) is 0 Å². The number of hydrazine groups is 1. The monoisotopic (exact) mass is 278 g/mol. The second-order valence-electron chi connectivity index (χ2n) is 5.71. The van der Waals surface area contributed by atoms with Gasteiger partial charge in [-0.1, -0.05) is 13.8 Å². The van der Waals surface area contributed by atoms with Gasteiger partial charge in [0.15, 0.2) is 0 Å². The van der Waals surface area contributed by atoms with E-state index in [0.29, 0.717) is 17.7 Å². The van der Waals surface area contributed by atoms with Crippen LogP contribution in [-0.4, -0.2) is 17.2 Å². The van der Waals surface area contributed by atoms with E-state index in [9.17, 15) is 13.2 Å². The van der Waals surface area contributed by atoms with Gasteiger partial charge in [0.2, 0.25) is 0 Å². The lowest BCUT2D eigenvalue weighted by Gasteiger charge is -2.38. The van der Waals surface area contributed by atoms with E-state index in [1.54, 1.807) is 6.92 Å². The van der Waals surface area contributed by atoms with Crippen LogP contribution in [0.15, 0.2) is 11.3 Å². The maximum atomic E-state index is 13.2. The summed E-state index contributed by atoms with van der Waals surface area (Å²) in [5.74, 6) is 4.77. The Morgan fingerprint density at radius 2 is 1.95 bits per heavy atom. The molecule has 0 aromatic rings. The van der Waals surface area contributed by atoms with Crippen molar-refractivity contribution in [1.82, 2.24) is 5.01 Å². The fourth-order valence-corrected chi connectivity index (χ4v) is 2.91. The van der Waals surface area contributed by atoms with E-state index in [2.05, 4.69) is 0 Å². The van der Waals surface area contributed by atoms with Gasteiger partial charge in [-0.15, -0.1) is 0 Å². The second kappa shape index (κ2) is 6.16. The molecule has 0 saturated carbocycles. The smallest absolute Gasteiger partial charge is 0.312 e. The predicted molar refractivity (Wildman–Crippen MR) is 71.0 cm³/mol. The number of alkyl halides is 3. The van der Waals surface area contributed by atoms with Gasteiger partial charge in [0.1, 0.15) is 0 Å². The van der Waals surface area contributed by atoms with E-state index in [4.69, 9.17) is 5.84 Å². The molecule has 0 heterocycles. The number of nitrogens with two attached hydrogens (primary N) is 1. The molecule has 19 heavy (non-hydrogen) atoms. The molecule has 0 radical (unpaired) electrons. The van der Waals surface area contributed by atoms with Crippen molar-refractivity contribution < 1.29 is 13.2 Å². The normalized spacial score (nSPS) is 22.9. The SMILES string of the molecule is CCC(C1=C(N(N)C(C)C)C(C)CCC1)C(F)(F)F. The summed E-state index contributed by atoms with van der Waals surface area (Å²) >= 11 is 0. The molecule has 0 aliphatic heterocycles. The fraction of sp³-hybridized carbons (Fsp3) is 0.857. The van der Waals surface area contributed by atoms with Gasteiger partial charge in [-0.25, -0.2) is 5.84 Å². The summed E-state index contributed by atoms with van der Waals surface area (Å²) in [4.78, 5) is 0. The third-order valence-electron chi connectivity index (χ3n) is 3.94. The molecule has 2 atom stereocenters. The Bertz CT molecular complexity index is 334. The Hall–Kier alpha value is -0.710. The molecule has 1 aliphatic carbocycles. The van der Waals surface area contributed by atoms with Crippen molar-refractivity contribution in [3.63, 3.8) is 0 Å². The Labute approximate surface area is 113 Å². The van der Waals surface area contributed by atoms with Gasteiger partial charge in [0, 0.05) is 11.7 Å². The number of nitrogens with zero attached hydrogens (tertiary/aromatic N) is 1. The molecule has 5 heteroatoms. The zero-order chi connectivity index (χ0) is 14.8. The lowest BCUT2D eigenvalue weighted by Crippen LogP contribution is -2.42. The van der Waals surface area contributed by atoms with Crippen LogP contribution in [0.4, 0.5) is 13.2 Å². The highest BCUT2D eigenvalue weighted by Gasteiger charge is 2.43. The minimum atomic E-state index is -4.18. The zero-order valence-corrected chi connectivity index (χ0v) is 12.2. The molecule has 0 bridgehead atoms. The van der Waals surface area contributed by atoms with Crippen LogP contribution in [0.25, 0.3) is 0 Å². The molecule has 1 rings (SSSR count). The van der Waals surface area contributed by atoms with E-state index in [1.807, 2.05) is 20.8 Å².